The second kappa shape index (κ2) is 7.09. The van der Waals surface area contributed by atoms with Crippen LogP contribution in [0.25, 0.3) is 0 Å². The molecular formula is C16H22BrN3O. The molecule has 2 rings (SSSR count). The number of likely N-dealkylation sites (N-methyl/N-ethyl adjacent to an activating group) is 1. The second-order valence-electron chi connectivity index (χ2n) is 5.22. The molecule has 2 aromatic rings. The average molecular weight is 352 g/mol. The number of hydrogen-bond donors (Lipinski definition) is 1. The van der Waals surface area contributed by atoms with E-state index in [9.17, 15) is 0 Å². The molecule has 114 valence electrons. The molecule has 0 fully saturated rings. The summed E-state index contributed by atoms with van der Waals surface area (Å²) in [6, 6.07) is 8.58. The van der Waals surface area contributed by atoms with Crippen LogP contribution in [0.4, 0.5) is 0 Å². The van der Waals surface area contributed by atoms with E-state index in [1.165, 1.54) is 11.3 Å². The summed E-state index contributed by atoms with van der Waals surface area (Å²) in [7, 11) is 5.69. The van der Waals surface area contributed by atoms with Gasteiger partial charge in [0.15, 0.2) is 0 Å². The van der Waals surface area contributed by atoms with Crippen molar-refractivity contribution in [2.24, 2.45) is 7.05 Å². The standard InChI is InChI=1S/C16H22BrN3O/c1-11-16(17)15(20(3)19-11)10-13(18-2)8-12-6-5-7-14(9-12)21-4/h5-7,9,13,18H,8,10H2,1-4H3. The van der Waals surface area contributed by atoms with Crippen LogP contribution in [-0.4, -0.2) is 30.0 Å². The highest BCUT2D eigenvalue weighted by Gasteiger charge is 2.16. The van der Waals surface area contributed by atoms with E-state index < -0.39 is 0 Å². The van der Waals surface area contributed by atoms with Crippen molar-refractivity contribution in [2.45, 2.75) is 25.8 Å². The molecule has 1 aromatic carbocycles. The summed E-state index contributed by atoms with van der Waals surface area (Å²) in [4.78, 5) is 0. The first-order valence-corrected chi connectivity index (χ1v) is 7.82. The molecule has 1 aromatic heterocycles. The molecule has 0 amide bonds. The van der Waals surface area contributed by atoms with Gasteiger partial charge in [-0.25, -0.2) is 0 Å². The monoisotopic (exact) mass is 351 g/mol. The van der Waals surface area contributed by atoms with E-state index in [0.29, 0.717) is 6.04 Å². The summed E-state index contributed by atoms with van der Waals surface area (Å²) in [6.45, 7) is 2.02. The maximum atomic E-state index is 5.29. The minimum atomic E-state index is 0.350. The molecule has 0 bridgehead atoms. The first kappa shape index (κ1) is 16.0. The molecule has 0 aliphatic carbocycles. The SMILES string of the molecule is CNC(Cc1cccc(OC)c1)Cc1c(Br)c(C)nn1C. The Morgan fingerprint density at radius 1 is 1.38 bits per heavy atom. The van der Waals surface area contributed by atoms with Gasteiger partial charge in [-0.1, -0.05) is 12.1 Å². The fourth-order valence-electron chi connectivity index (χ4n) is 2.50. The maximum absolute atomic E-state index is 5.29. The largest absolute Gasteiger partial charge is 0.497 e. The normalized spacial score (nSPS) is 12.4. The highest BCUT2D eigenvalue weighted by Crippen LogP contribution is 2.22. The van der Waals surface area contributed by atoms with Gasteiger partial charge in [0.1, 0.15) is 5.75 Å². The number of benzene rings is 1. The van der Waals surface area contributed by atoms with Crippen LogP contribution in [0.1, 0.15) is 17.0 Å². The summed E-state index contributed by atoms with van der Waals surface area (Å²) in [6.07, 6.45) is 1.87. The molecule has 0 aliphatic heterocycles. The lowest BCUT2D eigenvalue weighted by atomic mass is 10.0. The number of halogens is 1. The Labute approximate surface area is 134 Å². The molecule has 1 atom stereocenters. The van der Waals surface area contributed by atoms with E-state index in [1.807, 2.05) is 37.8 Å². The summed E-state index contributed by atoms with van der Waals surface area (Å²) in [5.74, 6) is 0.903. The van der Waals surface area contributed by atoms with Crippen LogP contribution in [0.2, 0.25) is 0 Å². The molecule has 0 saturated carbocycles. The smallest absolute Gasteiger partial charge is 0.119 e. The van der Waals surface area contributed by atoms with Crippen LogP contribution in [0.15, 0.2) is 28.7 Å². The Balaban J connectivity index is 2.13. The van der Waals surface area contributed by atoms with Crippen molar-refractivity contribution in [3.05, 3.63) is 45.7 Å². The minimum Gasteiger partial charge on any atom is -0.497 e. The number of nitrogens with one attached hydrogen (secondary N) is 1. The summed E-state index contributed by atoms with van der Waals surface area (Å²) in [5, 5.41) is 7.85. The van der Waals surface area contributed by atoms with E-state index in [0.717, 1.165) is 28.8 Å². The first-order valence-electron chi connectivity index (χ1n) is 7.03. The van der Waals surface area contributed by atoms with Gasteiger partial charge in [0.05, 0.1) is 23.0 Å². The van der Waals surface area contributed by atoms with E-state index >= 15 is 0 Å². The molecule has 1 unspecified atom stereocenters. The zero-order chi connectivity index (χ0) is 15.4. The highest BCUT2D eigenvalue weighted by atomic mass is 79.9. The van der Waals surface area contributed by atoms with Crippen molar-refractivity contribution in [3.8, 4) is 5.75 Å². The van der Waals surface area contributed by atoms with Gasteiger partial charge in [0.2, 0.25) is 0 Å². The highest BCUT2D eigenvalue weighted by molar-refractivity contribution is 9.10. The molecule has 1 N–H and O–H groups in total. The van der Waals surface area contributed by atoms with Crippen molar-refractivity contribution < 1.29 is 4.74 Å². The van der Waals surface area contributed by atoms with Crippen molar-refractivity contribution in [1.82, 2.24) is 15.1 Å². The third-order valence-corrected chi connectivity index (χ3v) is 4.76. The maximum Gasteiger partial charge on any atom is 0.119 e. The molecule has 4 nitrogen and oxygen atoms in total. The zero-order valence-electron chi connectivity index (χ0n) is 13.0. The van der Waals surface area contributed by atoms with Crippen LogP contribution in [0.5, 0.6) is 5.75 Å². The number of aromatic nitrogens is 2. The van der Waals surface area contributed by atoms with E-state index in [4.69, 9.17) is 4.74 Å². The minimum absolute atomic E-state index is 0.350. The van der Waals surface area contributed by atoms with Gasteiger partial charge in [0.25, 0.3) is 0 Å². The summed E-state index contributed by atoms with van der Waals surface area (Å²) >= 11 is 3.64. The fraction of sp³-hybridized carbons (Fsp3) is 0.438. The van der Waals surface area contributed by atoms with E-state index in [2.05, 4.69) is 38.5 Å². The van der Waals surface area contributed by atoms with Crippen LogP contribution in [0.3, 0.4) is 0 Å². The van der Waals surface area contributed by atoms with Gasteiger partial charge in [-0.2, -0.15) is 5.10 Å². The fourth-order valence-corrected chi connectivity index (χ4v) is 2.99. The Kier molecular flexibility index (Phi) is 5.42. The van der Waals surface area contributed by atoms with Crippen LogP contribution in [0, 0.1) is 6.92 Å². The lowest BCUT2D eigenvalue weighted by Gasteiger charge is -2.17. The van der Waals surface area contributed by atoms with Crippen LogP contribution < -0.4 is 10.1 Å². The number of aryl methyl sites for hydroxylation is 2. The van der Waals surface area contributed by atoms with E-state index in [-0.39, 0.29) is 0 Å². The molecule has 0 radical (unpaired) electrons. The van der Waals surface area contributed by atoms with E-state index in [1.54, 1.807) is 7.11 Å². The summed E-state index contributed by atoms with van der Waals surface area (Å²) in [5.41, 5.74) is 3.52. The van der Waals surface area contributed by atoms with Crippen LogP contribution in [-0.2, 0) is 19.9 Å². The number of nitrogens with zero attached hydrogens (tertiary/aromatic N) is 2. The molecule has 0 aliphatic rings. The molecule has 21 heavy (non-hydrogen) atoms. The molecule has 0 saturated heterocycles. The Morgan fingerprint density at radius 3 is 2.71 bits per heavy atom. The first-order chi connectivity index (χ1) is 10.0. The lowest BCUT2D eigenvalue weighted by Crippen LogP contribution is -2.30. The second-order valence-corrected chi connectivity index (χ2v) is 6.01. The van der Waals surface area contributed by atoms with Gasteiger partial charge in [-0.05, 0) is 54.0 Å². The van der Waals surface area contributed by atoms with Gasteiger partial charge in [-0.15, -0.1) is 0 Å². The Morgan fingerprint density at radius 2 is 2.14 bits per heavy atom. The van der Waals surface area contributed by atoms with Crippen molar-refractivity contribution in [1.29, 1.82) is 0 Å². The molecule has 0 spiro atoms. The predicted molar refractivity (Wildman–Crippen MR) is 88.9 cm³/mol. The number of ether oxygens (including phenoxy) is 1. The quantitative estimate of drug-likeness (QED) is 0.869. The lowest BCUT2D eigenvalue weighted by molar-refractivity contribution is 0.413. The van der Waals surface area contributed by atoms with Gasteiger partial charge < -0.3 is 10.1 Å². The summed E-state index contributed by atoms with van der Waals surface area (Å²) < 4.78 is 8.35. The molecule has 1 heterocycles. The predicted octanol–water partition coefficient (Wildman–Crippen LogP) is 2.87. The topological polar surface area (TPSA) is 39.1 Å². The number of rotatable bonds is 6. The van der Waals surface area contributed by atoms with Crippen molar-refractivity contribution in [3.63, 3.8) is 0 Å². The molecule has 5 heteroatoms. The third-order valence-electron chi connectivity index (χ3n) is 3.73. The number of methoxy groups -OCH3 is 1. The van der Waals surface area contributed by atoms with Gasteiger partial charge in [0, 0.05) is 19.5 Å². The van der Waals surface area contributed by atoms with Crippen molar-refractivity contribution in [2.75, 3.05) is 14.2 Å². The molecular weight excluding hydrogens is 330 g/mol. The Bertz CT molecular complexity index is 610. The van der Waals surface area contributed by atoms with Gasteiger partial charge in [-0.3, -0.25) is 4.68 Å². The third kappa shape index (κ3) is 3.86. The van der Waals surface area contributed by atoms with Crippen molar-refractivity contribution >= 4 is 15.9 Å². The van der Waals surface area contributed by atoms with Crippen LogP contribution >= 0.6 is 15.9 Å². The average Bonchev–Trinajstić information content (AvgIpc) is 2.73. The van der Waals surface area contributed by atoms with Gasteiger partial charge >= 0.3 is 0 Å². The number of hydrogen-bond acceptors (Lipinski definition) is 3. The zero-order valence-corrected chi connectivity index (χ0v) is 14.6. The Hall–Kier alpha value is -1.33.